The smallest absolute Gasteiger partial charge is 0.184 e. The van der Waals surface area contributed by atoms with Gasteiger partial charge in [0.1, 0.15) is 19.2 Å². The van der Waals surface area contributed by atoms with Crippen LogP contribution in [0.4, 0.5) is 0 Å². The third-order valence-electron chi connectivity index (χ3n) is 0.792. The van der Waals surface area contributed by atoms with Crippen LogP contribution >= 0.6 is 0 Å². The topological polar surface area (TPSA) is 89.5 Å². The summed E-state index contributed by atoms with van der Waals surface area (Å²) in [4.78, 5) is 28.3. The summed E-state index contributed by atoms with van der Waals surface area (Å²) >= 11 is 0. The van der Waals surface area contributed by atoms with E-state index >= 15 is 0 Å². The van der Waals surface area contributed by atoms with Crippen molar-refractivity contribution in [1.29, 1.82) is 0 Å². The van der Waals surface area contributed by atoms with Gasteiger partial charge in [-0.3, -0.25) is 9.59 Å². The predicted molar refractivity (Wildman–Crippen MR) is 87.1 cm³/mol. The quantitative estimate of drug-likeness (QED) is 0.0879. The van der Waals surface area contributed by atoms with Crippen molar-refractivity contribution >= 4 is 12.1 Å². The molecule has 0 fully saturated rings. The number of allylic oxidation sites excluding steroid dienone is 1. The molecule has 8 heteroatoms. The van der Waals surface area contributed by atoms with E-state index < -0.39 is 0 Å². The molecule has 0 aliphatic carbocycles. The zero-order valence-corrected chi connectivity index (χ0v) is 13.6. The molecular formula is C15H26O8. The summed E-state index contributed by atoms with van der Waals surface area (Å²) in [6.45, 7) is 24.9. The highest BCUT2D eigenvalue weighted by Crippen LogP contribution is 1.87. The van der Waals surface area contributed by atoms with E-state index in [1.54, 1.807) is 0 Å². The second-order valence-electron chi connectivity index (χ2n) is 2.05. The van der Waals surface area contributed by atoms with E-state index in [-0.39, 0.29) is 19.2 Å². The monoisotopic (exact) mass is 334 g/mol. The Balaban J connectivity index is -0.000000116. The highest BCUT2D eigenvalue weighted by Gasteiger charge is 1.94. The summed E-state index contributed by atoms with van der Waals surface area (Å²) in [7, 11) is 0. The van der Waals surface area contributed by atoms with Gasteiger partial charge in [0.05, 0.1) is 0 Å². The Kier molecular flexibility index (Phi) is 71.3. The summed E-state index contributed by atoms with van der Waals surface area (Å²) in [5.41, 5.74) is 0. The highest BCUT2D eigenvalue weighted by atomic mass is 17.8. The molecular weight excluding hydrogens is 308 g/mol. The van der Waals surface area contributed by atoms with Crippen molar-refractivity contribution in [1.82, 2.24) is 0 Å². The SMILES string of the molecule is C=C.C=C.C=C.C=C.CC(=O)COCOOOOO/C=C\C=O. The fourth-order valence-electron chi connectivity index (χ4n) is 0.373. The standard InChI is InChI=1S/C7H10O8.4C2H4/c1-7(9)5-10-6-12-14-15-13-11-4-2-3-8;4*1-2/h2-4H,5-6H2,1H3;4*1-2H2/b4-2-;;;;. The zero-order chi connectivity index (χ0) is 19.4. The second kappa shape index (κ2) is 50.4. The van der Waals surface area contributed by atoms with Crippen LogP contribution in [0, 0.1) is 0 Å². The number of ketones is 1. The predicted octanol–water partition coefficient (Wildman–Crippen LogP) is 3.21. The molecule has 0 unspecified atom stereocenters. The van der Waals surface area contributed by atoms with E-state index in [0.29, 0.717) is 6.29 Å². The maximum Gasteiger partial charge on any atom is 0.184 e. The Labute approximate surface area is 137 Å². The lowest BCUT2D eigenvalue weighted by atomic mass is 10.5. The fraction of sp³-hybridized carbons (Fsp3) is 0.200. The third-order valence-corrected chi connectivity index (χ3v) is 0.792. The molecule has 0 heterocycles. The minimum absolute atomic E-state index is 0.0945. The van der Waals surface area contributed by atoms with Crippen molar-refractivity contribution in [3.8, 4) is 0 Å². The van der Waals surface area contributed by atoms with Crippen LogP contribution in [0.1, 0.15) is 6.92 Å². The number of carbonyl (C=O) groups is 2. The van der Waals surface area contributed by atoms with Crippen LogP contribution in [0.5, 0.6) is 0 Å². The van der Waals surface area contributed by atoms with Crippen LogP contribution in [0.15, 0.2) is 65.0 Å². The highest BCUT2D eigenvalue weighted by molar-refractivity contribution is 5.76. The Morgan fingerprint density at radius 3 is 1.87 bits per heavy atom. The molecule has 0 spiro atoms. The van der Waals surface area contributed by atoms with Crippen molar-refractivity contribution < 1.29 is 39.2 Å². The van der Waals surface area contributed by atoms with Crippen LogP contribution in [0.3, 0.4) is 0 Å². The number of aldehydes is 1. The molecule has 0 aromatic rings. The van der Waals surface area contributed by atoms with Gasteiger partial charge < -0.3 is 9.62 Å². The fourth-order valence-corrected chi connectivity index (χ4v) is 0.373. The maximum atomic E-state index is 10.3. The van der Waals surface area contributed by atoms with Crippen LogP contribution in [-0.2, 0) is 39.2 Å². The molecule has 0 aliphatic rings. The van der Waals surface area contributed by atoms with Crippen molar-refractivity contribution in [2.24, 2.45) is 0 Å². The molecule has 0 N–H and O–H groups in total. The first-order chi connectivity index (χ1) is 11.3. The molecule has 0 radical (unpaired) electrons. The van der Waals surface area contributed by atoms with Gasteiger partial charge in [-0.2, -0.15) is 4.89 Å². The first-order valence-corrected chi connectivity index (χ1v) is 5.73. The largest absolute Gasteiger partial charge is 0.344 e. The number of ether oxygens (including phenoxy) is 1. The summed E-state index contributed by atoms with van der Waals surface area (Å²) in [6.07, 6.45) is 2.39. The average molecular weight is 334 g/mol. The molecule has 0 aromatic heterocycles. The molecule has 0 aromatic carbocycles. The number of Topliss-reactive ketones (excluding diaryl/α,β-unsaturated/α-hetero) is 1. The molecule has 0 saturated heterocycles. The molecule has 0 amide bonds. The number of hydrogen-bond acceptors (Lipinski definition) is 8. The van der Waals surface area contributed by atoms with Crippen LogP contribution in [0.25, 0.3) is 0 Å². The van der Waals surface area contributed by atoms with E-state index in [1.165, 1.54) is 6.92 Å². The second-order valence-corrected chi connectivity index (χ2v) is 2.05. The Hall–Kier alpha value is -2.36. The summed E-state index contributed by atoms with van der Waals surface area (Å²) < 4.78 is 4.61. The molecule has 0 saturated carbocycles. The van der Waals surface area contributed by atoms with Gasteiger partial charge in [-0.1, -0.05) is 0 Å². The molecule has 0 atom stereocenters. The van der Waals surface area contributed by atoms with Crippen molar-refractivity contribution in [2.75, 3.05) is 13.4 Å². The van der Waals surface area contributed by atoms with Gasteiger partial charge >= 0.3 is 0 Å². The van der Waals surface area contributed by atoms with Crippen molar-refractivity contribution in [3.05, 3.63) is 65.0 Å². The minimum Gasteiger partial charge on any atom is -0.344 e. The number of hydrogen-bond donors (Lipinski definition) is 0. The molecule has 23 heavy (non-hydrogen) atoms. The van der Waals surface area contributed by atoms with E-state index in [9.17, 15) is 9.59 Å². The first-order valence-electron chi connectivity index (χ1n) is 5.73. The van der Waals surface area contributed by atoms with Crippen molar-refractivity contribution in [2.45, 2.75) is 6.92 Å². The van der Waals surface area contributed by atoms with Crippen LogP contribution < -0.4 is 0 Å². The Bertz CT molecular complexity index is 248. The molecule has 0 bridgehead atoms. The van der Waals surface area contributed by atoms with Gasteiger partial charge in [0.15, 0.2) is 12.6 Å². The van der Waals surface area contributed by atoms with E-state index in [4.69, 9.17) is 0 Å². The van der Waals surface area contributed by atoms with Gasteiger partial charge in [0.25, 0.3) is 0 Å². The lowest BCUT2D eigenvalue weighted by Gasteiger charge is -2.00. The Morgan fingerprint density at radius 2 is 1.43 bits per heavy atom. The van der Waals surface area contributed by atoms with Gasteiger partial charge in [-0.05, 0) is 12.0 Å². The zero-order valence-electron chi connectivity index (χ0n) is 13.6. The molecule has 8 nitrogen and oxygen atoms in total. The summed E-state index contributed by atoms with van der Waals surface area (Å²) in [6, 6.07) is 0. The van der Waals surface area contributed by atoms with Gasteiger partial charge in [-0.15, -0.1) is 52.6 Å². The molecule has 0 aliphatic heterocycles. The lowest BCUT2D eigenvalue weighted by Crippen LogP contribution is -2.08. The minimum atomic E-state index is -0.312. The van der Waals surface area contributed by atoms with Gasteiger partial charge in [0.2, 0.25) is 0 Å². The number of rotatable bonds is 10. The van der Waals surface area contributed by atoms with Crippen LogP contribution in [0.2, 0.25) is 0 Å². The van der Waals surface area contributed by atoms with E-state index in [0.717, 1.165) is 12.3 Å². The van der Waals surface area contributed by atoms with Crippen LogP contribution in [-0.4, -0.2) is 25.5 Å². The third kappa shape index (κ3) is 65.8. The summed E-state index contributed by atoms with van der Waals surface area (Å²) in [5, 5.41) is 11.5. The van der Waals surface area contributed by atoms with E-state index in [2.05, 4.69) is 82.3 Å². The lowest BCUT2D eigenvalue weighted by molar-refractivity contribution is -0.705. The van der Waals surface area contributed by atoms with Crippen molar-refractivity contribution in [3.63, 3.8) is 0 Å². The average Bonchev–Trinajstić information content (AvgIpc) is 2.63. The van der Waals surface area contributed by atoms with E-state index in [1.807, 2.05) is 0 Å². The van der Waals surface area contributed by atoms with Gasteiger partial charge in [0, 0.05) is 16.2 Å². The molecule has 0 rings (SSSR count). The Morgan fingerprint density at radius 1 is 0.913 bits per heavy atom. The first kappa shape index (κ1) is 32.5. The summed E-state index contributed by atoms with van der Waals surface area (Å²) in [5.74, 6) is -0.155. The normalized spacial score (nSPS) is 7.52. The number of carbonyl (C=O) groups excluding carboxylic acids is 2. The van der Waals surface area contributed by atoms with Gasteiger partial charge in [-0.25, -0.2) is 0 Å². The molecule has 134 valence electrons. The maximum absolute atomic E-state index is 10.3.